The highest BCUT2D eigenvalue weighted by Gasteiger charge is 2.30. The number of alkyl halides is 3. The number of amides is 1. The molecule has 132 valence electrons. The Labute approximate surface area is 141 Å². The Morgan fingerprint density at radius 2 is 1.92 bits per heavy atom. The van der Waals surface area contributed by atoms with Gasteiger partial charge < -0.3 is 15.0 Å². The number of rotatable bonds is 3. The van der Waals surface area contributed by atoms with Gasteiger partial charge in [0, 0.05) is 18.8 Å². The van der Waals surface area contributed by atoms with E-state index in [4.69, 9.17) is 4.74 Å². The number of carbonyl (C=O) groups excluding carboxylic acids is 1. The van der Waals surface area contributed by atoms with Crippen molar-refractivity contribution in [2.24, 2.45) is 0 Å². The highest BCUT2D eigenvalue weighted by Crippen LogP contribution is 2.31. The minimum atomic E-state index is -4.42. The third kappa shape index (κ3) is 4.24. The summed E-state index contributed by atoms with van der Waals surface area (Å²) in [5.41, 5.74) is -0.350. The molecule has 6 nitrogen and oxygen atoms in total. The first-order valence-electron chi connectivity index (χ1n) is 7.57. The second-order valence-corrected chi connectivity index (χ2v) is 5.40. The van der Waals surface area contributed by atoms with Gasteiger partial charge in [-0.2, -0.15) is 13.2 Å². The largest absolute Gasteiger partial charge is 0.416 e. The van der Waals surface area contributed by atoms with Crippen molar-refractivity contribution >= 4 is 17.4 Å². The van der Waals surface area contributed by atoms with Crippen molar-refractivity contribution in [2.45, 2.75) is 6.18 Å². The second kappa shape index (κ2) is 7.06. The molecule has 1 aromatic carbocycles. The van der Waals surface area contributed by atoms with E-state index in [2.05, 4.69) is 15.3 Å². The molecule has 0 atom stereocenters. The Balaban J connectivity index is 1.69. The lowest BCUT2D eigenvalue weighted by molar-refractivity contribution is -0.137. The summed E-state index contributed by atoms with van der Waals surface area (Å²) in [5.74, 6) is -0.000675. The quantitative estimate of drug-likeness (QED) is 0.920. The molecule has 0 unspecified atom stereocenters. The van der Waals surface area contributed by atoms with E-state index < -0.39 is 11.7 Å². The zero-order valence-corrected chi connectivity index (χ0v) is 13.1. The van der Waals surface area contributed by atoms with E-state index in [-0.39, 0.29) is 23.1 Å². The number of nitrogens with one attached hydrogen (secondary N) is 1. The molecule has 3 rings (SSSR count). The van der Waals surface area contributed by atoms with Gasteiger partial charge >= 0.3 is 6.18 Å². The van der Waals surface area contributed by atoms with E-state index in [1.54, 1.807) is 4.90 Å². The first-order chi connectivity index (χ1) is 11.9. The summed E-state index contributed by atoms with van der Waals surface area (Å²) in [6, 6.07) is 4.76. The maximum absolute atomic E-state index is 12.7. The van der Waals surface area contributed by atoms with Crippen molar-refractivity contribution < 1.29 is 22.7 Å². The molecule has 0 spiro atoms. The van der Waals surface area contributed by atoms with Gasteiger partial charge in [0.1, 0.15) is 11.5 Å². The summed E-state index contributed by atoms with van der Waals surface area (Å²) in [5, 5.41) is 2.74. The standard InChI is InChI=1S/C16H15F3N4O2/c17-16(18,19)11-2-1-3-12(8-11)22-14-10-20-13(9-21-14)15(24)23-4-6-25-7-5-23/h1-3,8-10H,4-7H2,(H,21,22). The number of anilines is 2. The zero-order chi connectivity index (χ0) is 17.9. The van der Waals surface area contributed by atoms with Crippen LogP contribution in [0.25, 0.3) is 0 Å². The lowest BCUT2D eigenvalue weighted by Gasteiger charge is -2.26. The maximum atomic E-state index is 12.7. The SMILES string of the molecule is O=C(c1cnc(Nc2cccc(C(F)(F)F)c2)cn1)N1CCOCC1. The fraction of sp³-hybridized carbons (Fsp3) is 0.312. The van der Waals surface area contributed by atoms with Crippen LogP contribution in [0.3, 0.4) is 0 Å². The van der Waals surface area contributed by atoms with Gasteiger partial charge in [-0.15, -0.1) is 0 Å². The summed E-state index contributed by atoms with van der Waals surface area (Å²) >= 11 is 0. The van der Waals surface area contributed by atoms with Crippen molar-refractivity contribution in [1.29, 1.82) is 0 Å². The summed E-state index contributed by atoms with van der Waals surface area (Å²) in [6.07, 6.45) is -1.81. The van der Waals surface area contributed by atoms with Gasteiger partial charge in [-0.25, -0.2) is 9.97 Å². The molecule has 1 fully saturated rings. The van der Waals surface area contributed by atoms with Gasteiger partial charge in [-0.3, -0.25) is 4.79 Å². The van der Waals surface area contributed by atoms with Crippen LogP contribution in [-0.4, -0.2) is 47.1 Å². The fourth-order valence-electron chi connectivity index (χ4n) is 2.35. The molecule has 25 heavy (non-hydrogen) atoms. The van der Waals surface area contributed by atoms with Crippen LogP contribution in [0, 0.1) is 0 Å². The monoisotopic (exact) mass is 352 g/mol. The van der Waals surface area contributed by atoms with E-state index in [0.29, 0.717) is 26.3 Å². The molecule has 0 bridgehead atoms. The Kier molecular flexibility index (Phi) is 4.84. The lowest BCUT2D eigenvalue weighted by atomic mass is 10.2. The summed E-state index contributed by atoms with van der Waals surface area (Å²) in [7, 11) is 0. The number of hydrogen-bond donors (Lipinski definition) is 1. The van der Waals surface area contributed by atoms with E-state index in [0.717, 1.165) is 12.1 Å². The van der Waals surface area contributed by atoms with Crippen LogP contribution in [0.15, 0.2) is 36.7 Å². The number of carbonyl (C=O) groups is 1. The van der Waals surface area contributed by atoms with Crippen LogP contribution in [-0.2, 0) is 10.9 Å². The van der Waals surface area contributed by atoms with Crippen LogP contribution < -0.4 is 5.32 Å². The Bertz CT molecular complexity index is 744. The third-order valence-electron chi connectivity index (χ3n) is 3.63. The molecule has 9 heteroatoms. The van der Waals surface area contributed by atoms with E-state index in [1.165, 1.54) is 24.5 Å². The van der Waals surface area contributed by atoms with Crippen LogP contribution in [0.2, 0.25) is 0 Å². The Morgan fingerprint density at radius 3 is 2.56 bits per heavy atom. The van der Waals surface area contributed by atoms with Crippen molar-refractivity contribution in [3.8, 4) is 0 Å². The third-order valence-corrected chi connectivity index (χ3v) is 3.63. The molecular formula is C16H15F3N4O2. The molecule has 1 saturated heterocycles. The topological polar surface area (TPSA) is 67.4 Å². The first kappa shape index (κ1) is 17.2. The Morgan fingerprint density at radius 1 is 1.16 bits per heavy atom. The number of aromatic nitrogens is 2. The number of hydrogen-bond acceptors (Lipinski definition) is 5. The average molecular weight is 352 g/mol. The van der Waals surface area contributed by atoms with Crippen LogP contribution in [0.5, 0.6) is 0 Å². The smallest absolute Gasteiger partial charge is 0.378 e. The zero-order valence-electron chi connectivity index (χ0n) is 13.1. The number of ether oxygens (including phenoxy) is 1. The summed E-state index contributed by atoms with van der Waals surface area (Å²) in [4.78, 5) is 22.0. The van der Waals surface area contributed by atoms with Crippen molar-refractivity contribution in [1.82, 2.24) is 14.9 Å². The van der Waals surface area contributed by atoms with Gasteiger partial charge in [0.15, 0.2) is 0 Å². The first-order valence-corrected chi connectivity index (χ1v) is 7.57. The number of nitrogens with zero attached hydrogens (tertiary/aromatic N) is 3. The normalized spacial score (nSPS) is 15.1. The highest BCUT2D eigenvalue weighted by atomic mass is 19.4. The maximum Gasteiger partial charge on any atom is 0.416 e. The van der Waals surface area contributed by atoms with Gasteiger partial charge in [-0.05, 0) is 18.2 Å². The molecular weight excluding hydrogens is 337 g/mol. The van der Waals surface area contributed by atoms with Gasteiger partial charge in [0.25, 0.3) is 5.91 Å². The predicted octanol–water partition coefficient (Wildman–Crippen LogP) is 2.71. The molecule has 1 aromatic heterocycles. The van der Waals surface area contributed by atoms with Gasteiger partial charge in [0.2, 0.25) is 0 Å². The Hall–Kier alpha value is -2.68. The summed E-state index contributed by atoms with van der Waals surface area (Å²) in [6.45, 7) is 1.94. The van der Waals surface area contributed by atoms with E-state index >= 15 is 0 Å². The van der Waals surface area contributed by atoms with Crippen molar-refractivity contribution in [2.75, 3.05) is 31.6 Å². The molecule has 0 aliphatic carbocycles. The molecule has 2 heterocycles. The molecule has 0 saturated carbocycles. The molecule has 0 radical (unpaired) electrons. The molecule has 1 aliphatic heterocycles. The molecule has 2 aromatic rings. The minimum absolute atomic E-state index is 0.177. The number of morpholine rings is 1. The highest BCUT2D eigenvalue weighted by molar-refractivity contribution is 5.92. The number of halogens is 3. The van der Waals surface area contributed by atoms with Gasteiger partial charge in [0.05, 0.1) is 31.2 Å². The average Bonchev–Trinajstić information content (AvgIpc) is 2.62. The van der Waals surface area contributed by atoms with Crippen molar-refractivity contribution in [3.63, 3.8) is 0 Å². The van der Waals surface area contributed by atoms with Crippen molar-refractivity contribution in [3.05, 3.63) is 47.9 Å². The summed E-state index contributed by atoms with van der Waals surface area (Å²) < 4.78 is 43.3. The lowest BCUT2D eigenvalue weighted by Crippen LogP contribution is -2.41. The van der Waals surface area contributed by atoms with Crippen LogP contribution in [0.1, 0.15) is 16.1 Å². The predicted molar refractivity (Wildman–Crippen MR) is 83.5 cm³/mol. The molecule has 1 N–H and O–H groups in total. The van der Waals surface area contributed by atoms with Crippen LogP contribution in [0.4, 0.5) is 24.7 Å². The number of benzene rings is 1. The van der Waals surface area contributed by atoms with Crippen LogP contribution >= 0.6 is 0 Å². The molecule has 1 amide bonds. The van der Waals surface area contributed by atoms with E-state index in [1.807, 2.05) is 0 Å². The molecule has 1 aliphatic rings. The second-order valence-electron chi connectivity index (χ2n) is 5.40. The fourth-order valence-corrected chi connectivity index (χ4v) is 2.35. The minimum Gasteiger partial charge on any atom is -0.378 e. The van der Waals surface area contributed by atoms with Gasteiger partial charge in [-0.1, -0.05) is 6.07 Å². The van der Waals surface area contributed by atoms with E-state index in [9.17, 15) is 18.0 Å².